The van der Waals surface area contributed by atoms with Crippen LogP contribution in [0.4, 0.5) is 5.69 Å². The fraction of sp³-hybridized carbons (Fsp3) is 0.263. The molecule has 2 rings (SSSR count). The summed E-state index contributed by atoms with van der Waals surface area (Å²) in [4.78, 5) is 26.3. The molecule has 4 nitrogen and oxygen atoms in total. The van der Waals surface area contributed by atoms with E-state index in [-0.39, 0.29) is 11.8 Å². The lowest BCUT2D eigenvalue weighted by atomic mass is 10.1. The summed E-state index contributed by atoms with van der Waals surface area (Å²) < 4.78 is 0. The van der Waals surface area contributed by atoms with Crippen LogP contribution in [0.2, 0.25) is 0 Å². The summed E-state index contributed by atoms with van der Waals surface area (Å²) in [5.41, 5.74) is 2.93. The number of carbonyl (C=O) groups is 2. The van der Waals surface area contributed by atoms with Gasteiger partial charge >= 0.3 is 0 Å². The Bertz CT molecular complexity index is 689. The SMILES string of the molecule is CCN(CC)C(=O)c1ccc(C(=O)Nc2ccccc2C)cc1. The lowest BCUT2D eigenvalue weighted by molar-refractivity contribution is 0.0772. The third-order valence-corrected chi connectivity index (χ3v) is 3.84. The van der Waals surface area contributed by atoms with Crippen molar-refractivity contribution < 1.29 is 9.59 Å². The molecule has 120 valence electrons. The molecule has 0 spiro atoms. The maximum absolute atomic E-state index is 12.3. The average Bonchev–Trinajstić information content (AvgIpc) is 2.58. The van der Waals surface area contributed by atoms with Crippen molar-refractivity contribution in [2.75, 3.05) is 18.4 Å². The van der Waals surface area contributed by atoms with Gasteiger partial charge in [-0.2, -0.15) is 0 Å². The first-order chi connectivity index (χ1) is 11.1. The van der Waals surface area contributed by atoms with Gasteiger partial charge in [0.15, 0.2) is 0 Å². The summed E-state index contributed by atoms with van der Waals surface area (Å²) in [6, 6.07) is 14.4. The second-order valence-corrected chi connectivity index (χ2v) is 5.32. The highest BCUT2D eigenvalue weighted by atomic mass is 16.2. The Balaban J connectivity index is 2.12. The first kappa shape index (κ1) is 16.7. The minimum absolute atomic E-state index is 0.0131. The molecule has 0 aromatic heterocycles. The van der Waals surface area contributed by atoms with E-state index in [1.807, 2.05) is 45.0 Å². The molecule has 2 aromatic rings. The first-order valence-electron chi connectivity index (χ1n) is 7.83. The molecule has 0 unspecified atom stereocenters. The summed E-state index contributed by atoms with van der Waals surface area (Å²) >= 11 is 0. The normalized spacial score (nSPS) is 10.2. The second-order valence-electron chi connectivity index (χ2n) is 5.32. The van der Waals surface area contributed by atoms with Crippen LogP contribution in [0.25, 0.3) is 0 Å². The smallest absolute Gasteiger partial charge is 0.255 e. The molecule has 0 saturated heterocycles. The molecular weight excluding hydrogens is 288 g/mol. The molecule has 0 bridgehead atoms. The number of carbonyl (C=O) groups excluding carboxylic acids is 2. The van der Waals surface area contributed by atoms with Crippen molar-refractivity contribution in [3.05, 3.63) is 65.2 Å². The molecule has 1 N–H and O–H groups in total. The lowest BCUT2D eigenvalue weighted by Crippen LogP contribution is -2.30. The summed E-state index contributed by atoms with van der Waals surface area (Å²) in [6.07, 6.45) is 0. The van der Waals surface area contributed by atoms with Gasteiger partial charge in [0.1, 0.15) is 0 Å². The molecule has 0 saturated carbocycles. The minimum atomic E-state index is -0.180. The van der Waals surface area contributed by atoms with Gasteiger partial charge in [-0.05, 0) is 56.7 Å². The van der Waals surface area contributed by atoms with Gasteiger partial charge in [-0.25, -0.2) is 0 Å². The molecule has 0 radical (unpaired) electrons. The van der Waals surface area contributed by atoms with Gasteiger partial charge in [0, 0.05) is 29.9 Å². The molecule has 4 heteroatoms. The number of anilines is 1. The van der Waals surface area contributed by atoms with Crippen molar-refractivity contribution >= 4 is 17.5 Å². The topological polar surface area (TPSA) is 49.4 Å². The van der Waals surface area contributed by atoms with Gasteiger partial charge in [0.05, 0.1) is 0 Å². The number of rotatable bonds is 5. The third-order valence-electron chi connectivity index (χ3n) is 3.84. The van der Waals surface area contributed by atoms with E-state index < -0.39 is 0 Å². The molecule has 2 aromatic carbocycles. The van der Waals surface area contributed by atoms with Crippen molar-refractivity contribution in [2.24, 2.45) is 0 Å². The molecule has 0 aliphatic carbocycles. The summed E-state index contributed by atoms with van der Waals surface area (Å²) in [5, 5.41) is 2.89. The standard InChI is InChI=1S/C19H22N2O2/c1-4-21(5-2)19(23)16-12-10-15(11-13-16)18(22)20-17-9-7-6-8-14(17)3/h6-13H,4-5H2,1-3H3,(H,20,22). The monoisotopic (exact) mass is 310 g/mol. The van der Waals surface area contributed by atoms with Crippen molar-refractivity contribution in [2.45, 2.75) is 20.8 Å². The Morgan fingerprint density at radius 2 is 1.48 bits per heavy atom. The molecule has 0 heterocycles. The van der Waals surface area contributed by atoms with Crippen LogP contribution < -0.4 is 5.32 Å². The predicted octanol–water partition coefficient (Wildman–Crippen LogP) is 3.73. The van der Waals surface area contributed by atoms with Crippen molar-refractivity contribution in [3.8, 4) is 0 Å². The second kappa shape index (κ2) is 7.58. The minimum Gasteiger partial charge on any atom is -0.339 e. The van der Waals surface area contributed by atoms with Crippen LogP contribution in [0, 0.1) is 6.92 Å². The first-order valence-corrected chi connectivity index (χ1v) is 7.83. The Morgan fingerprint density at radius 1 is 0.913 bits per heavy atom. The van der Waals surface area contributed by atoms with Crippen LogP contribution >= 0.6 is 0 Å². The van der Waals surface area contributed by atoms with E-state index in [0.717, 1.165) is 11.3 Å². The molecule has 0 aliphatic heterocycles. The maximum Gasteiger partial charge on any atom is 0.255 e. The van der Waals surface area contributed by atoms with Gasteiger partial charge in [-0.3, -0.25) is 9.59 Å². The van der Waals surface area contributed by atoms with E-state index in [1.165, 1.54) is 0 Å². The lowest BCUT2D eigenvalue weighted by Gasteiger charge is -2.18. The van der Waals surface area contributed by atoms with Crippen molar-refractivity contribution in [1.29, 1.82) is 0 Å². The molecule has 0 aliphatic rings. The summed E-state index contributed by atoms with van der Waals surface area (Å²) in [7, 11) is 0. The zero-order chi connectivity index (χ0) is 16.8. The van der Waals surface area contributed by atoms with E-state index in [1.54, 1.807) is 29.2 Å². The van der Waals surface area contributed by atoms with Gasteiger partial charge < -0.3 is 10.2 Å². The fourth-order valence-electron chi connectivity index (χ4n) is 2.37. The van der Waals surface area contributed by atoms with Crippen LogP contribution in [0.3, 0.4) is 0 Å². The van der Waals surface area contributed by atoms with Crippen molar-refractivity contribution in [1.82, 2.24) is 4.90 Å². The van der Waals surface area contributed by atoms with Crippen LogP contribution in [-0.4, -0.2) is 29.8 Å². The van der Waals surface area contributed by atoms with Crippen LogP contribution in [0.1, 0.15) is 40.1 Å². The van der Waals surface area contributed by atoms with Crippen LogP contribution in [0.5, 0.6) is 0 Å². The van der Waals surface area contributed by atoms with Gasteiger partial charge in [-0.15, -0.1) is 0 Å². The highest BCUT2D eigenvalue weighted by Gasteiger charge is 2.13. The van der Waals surface area contributed by atoms with E-state index in [9.17, 15) is 9.59 Å². The zero-order valence-corrected chi connectivity index (χ0v) is 13.8. The average molecular weight is 310 g/mol. The number of benzene rings is 2. The molecule has 2 amide bonds. The predicted molar refractivity (Wildman–Crippen MR) is 92.8 cm³/mol. The Hall–Kier alpha value is -2.62. The summed E-state index contributed by atoms with van der Waals surface area (Å²) in [6.45, 7) is 7.19. The van der Waals surface area contributed by atoms with E-state index in [0.29, 0.717) is 24.2 Å². The molecule has 23 heavy (non-hydrogen) atoms. The number of amides is 2. The number of nitrogens with zero attached hydrogens (tertiary/aromatic N) is 1. The number of aryl methyl sites for hydroxylation is 1. The Kier molecular flexibility index (Phi) is 5.52. The quantitative estimate of drug-likeness (QED) is 0.915. The summed E-state index contributed by atoms with van der Waals surface area (Å²) in [5.74, 6) is -0.193. The third kappa shape index (κ3) is 3.97. The van der Waals surface area contributed by atoms with Crippen LogP contribution in [-0.2, 0) is 0 Å². The Morgan fingerprint density at radius 3 is 2.04 bits per heavy atom. The van der Waals surface area contributed by atoms with Gasteiger partial charge in [-0.1, -0.05) is 18.2 Å². The largest absolute Gasteiger partial charge is 0.339 e. The molecular formula is C19H22N2O2. The van der Waals surface area contributed by atoms with Gasteiger partial charge in [0.25, 0.3) is 11.8 Å². The van der Waals surface area contributed by atoms with E-state index >= 15 is 0 Å². The molecule has 0 fully saturated rings. The highest BCUT2D eigenvalue weighted by molar-refractivity contribution is 6.05. The number of para-hydroxylation sites is 1. The maximum atomic E-state index is 12.3. The molecule has 0 atom stereocenters. The fourth-order valence-corrected chi connectivity index (χ4v) is 2.37. The number of hydrogen-bond donors (Lipinski definition) is 1. The number of nitrogens with one attached hydrogen (secondary N) is 1. The highest BCUT2D eigenvalue weighted by Crippen LogP contribution is 2.15. The zero-order valence-electron chi connectivity index (χ0n) is 13.8. The van der Waals surface area contributed by atoms with E-state index in [4.69, 9.17) is 0 Å². The Labute approximate surface area is 137 Å². The van der Waals surface area contributed by atoms with E-state index in [2.05, 4.69) is 5.32 Å². The van der Waals surface area contributed by atoms with Gasteiger partial charge in [0.2, 0.25) is 0 Å². The van der Waals surface area contributed by atoms with Crippen molar-refractivity contribution in [3.63, 3.8) is 0 Å². The van der Waals surface area contributed by atoms with Crippen LogP contribution in [0.15, 0.2) is 48.5 Å². The number of hydrogen-bond acceptors (Lipinski definition) is 2.